The number of pyridine rings is 1. The van der Waals surface area contributed by atoms with Gasteiger partial charge in [-0.1, -0.05) is 11.8 Å². The minimum Gasteiger partial charge on any atom is -0.497 e. The predicted octanol–water partition coefficient (Wildman–Crippen LogP) is 3.11. The van der Waals surface area contributed by atoms with Gasteiger partial charge in [-0.25, -0.2) is 0 Å². The molecule has 0 bridgehead atoms. The van der Waals surface area contributed by atoms with E-state index in [4.69, 9.17) is 9.15 Å². The number of carbonyl (C=O) groups is 1. The molecule has 134 valence electrons. The number of hydrogen-bond acceptors (Lipinski definition) is 7. The first-order valence-corrected chi connectivity index (χ1v) is 8.94. The number of aromatic nitrogens is 3. The second kappa shape index (κ2) is 8.48. The number of benzene rings is 1. The minimum atomic E-state index is -0.108. The van der Waals surface area contributed by atoms with Crippen molar-refractivity contribution in [3.63, 3.8) is 0 Å². The first-order valence-electron chi connectivity index (χ1n) is 7.95. The first kappa shape index (κ1) is 17.9. The van der Waals surface area contributed by atoms with Crippen LogP contribution in [-0.2, 0) is 4.79 Å². The summed E-state index contributed by atoms with van der Waals surface area (Å²) in [6.07, 6.45) is 3.40. The van der Waals surface area contributed by atoms with E-state index in [0.717, 1.165) is 16.9 Å². The number of ether oxygens (including phenoxy) is 1. The predicted molar refractivity (Wildman–Crippen MR) is 97.8 cm³/mol. The summed E-state index contributed by atoms with van der Waals surface area (Å²) in [4.78, 5) is 16.1. The molecule has 26 heavy (non-hydrogen) atoms. The van der Waals surface area contributed by atoms with E-state index in [-0.39, 0.29) is 17.7 Å². The fourth-order valence-corrected chi connectivity index (χ4v) is 2.84. The summed E-state index contributed by atoms with van der Waals surface area (Å²) in [7, 11) is 1.61. The van der Waals surface area contributed by atoms with Gasteiger partial charge in [-0.05, 0) is 48.9 Å². The van der Waals surface area contributed by atoms with Crippen molar-refractivity contribution in [1.29, 1.82) is 0 Å². The summed E-state index contributed by atoms with van der Waals surface area (Å²) in [6, 6.07) is 11.0. The van der Waals surface area contributed by atoms with Crippen molar-refractivity contribution in [2.24, 2.45) is 0 Å². The maximum absolute atomic E-state index is 12.1. The van der Waals surface area contributed by atoms with E-state index in [1.54, 1.807) is 19.5 Å². The van der Waals surface area contributed by atoms with E-state index in [9.17, 15) is 4.79 Å². The number of amides is 1. The Bertz CT molecular complexity index is 852. The Morgan fingerprint density at radius 1 is 1.19 bits per heavy atom. The molecule has 2 heterocycles. The van der Waals surface area contributed by atoms with Crippen LogP contribution in [0.5, 0.6) is 5.75 Å². The zero-order valence-electron chi connectivity index (χ0n) is 14.4. The van der Waals surface area contributed by atoms with Gasteiger partial charge in [0.1, 0.15) is 5.75 Å². The number of hydrogen-bond donors (Lipinski definition) is 1. The molecule has 0 spiro atoms. The monoisotopic (exact) mass is 370 g/mol. The van der Waals surface area contributed by atoms with Gasteiger partial charge in [0.15, 0.2) is 0 Å². The summed E-state index contributed by atoms with van der Waals surface area (Å²) < 4.78 is 10.7. The Morgan fingerprint density at radius 3 is 2.62 bits per heavy atom. The molecule has 1 atom stereocenters. The number of thioether (sulfide) groups is 1. The molecule has 0 aliphatic carbocycles. The standard InChI is InChI=1S/C18H18N4O3S/c1-12(13-7-9-19-10-8-13)20-16(23)11-26-18-22-21-17(25-18)14-3-5-15(24-2)6-4-14/h3-10,12H,11H2,1-2H3,(H,20,23). The third kappa shape index (κ3) is 4.60. The van der Waals surface area contributed by atoms with E-state index < -0.39 is 0 Å². The molecule has 0 fully saturated rings. The number of rotatable bonds is 7. The molecule has 7 nitrogen and oxygen atoms in total. The minimum absolute atomic E-state index is 0.0938. The summed E-state index contributed by atoms with van der Waals surface area (Å²) in [5, 5.41) is 11.3. The van der Waals surface area contributed by atoms with Gasteiger partial charge in [0.05, 0.1) is 18.9 Å². The van der Waals surface area contributed by atoms with Crippen molar-refractivity contribution in [3.8, 4) is 17.2 Å². The Kier molecular flexibility index (Phi) is 5.85. The highest BCUT2D eigenvalue weighted by Gasteiger charge is 2.13. The molecule has 0 aliphatic heterocycles. The number of nitrogens with zero attached hydrogens (tertiary/aromatic N) is 3. The molecule has 1 amide bonds. The lowest BCUT2D eigenvalue weighted by Crippen LogP contribution is -2.28. The van der Waals surface area contributed by atoms with Crippen molar-refractivity contribution in [1.82, 2.24) is 20.5 Å². The van der Waals surface area contributed by atoms with Gasteiger partial charge in [0.2, 0.25) is 11.8 Å². The molecule has 1 N–H and O–H groups in total. The molecule has 1 unspecified atom stereocenters. The van der Waals surface area contributed by atoms with Crippen LogP contribution in [0.25, 0.3) is 11.5 Å². The lowest BCUT2D eigenvalue weighted by atomic mass is 10.1. The van der Waals surface area contributed by atoms with Gasteiger partial charge in [-0.3, -0.25) is 9.78 Å². The topological polar surface area (TPSA) is 90.1 Å². The Labute approximate surface area is 155 Å². The van der Waals surface area contributed by atoms with Crippen LogP contribution < -0.4 is 10.1 Å². The smallest absolute Gasteiger partial charge is 0.277 e. The average Bonchev–Trinajstić information content (AvgIpc) is 3.16. The second-order valence-corrected chi connectivity index (χ2v) is 6.39. The third-order valence-electron chi connectivity index (χ3n) is 3.65. The fourth-order valence-electron chi connectivity index (χ4n) is 2.26. The van der Waals surface area contributed by atoms with Crippen LogP contribution in [-0.4, -0.2) is 34.0 Å². The lowest BCUT2D eigenvalue weighted by molar-refractivity contribution is -0.119. The van der Waals surface area contributed by atoms with E-state index >= 15 is 0 Å². The summed E-state index contributed by atoms with van der Waals surface area (Å²) >= 11 is 1.20. The highest BCUT2D eigenvalue weighted by Crippen LogP contribution is 2.24. The molecule has 0 aliphatic rings. The quantitative estimate of drug-likeness (QED) is 0.639. The molecular weight excluding hydrogens is 352 g/mol. The number of nitrogens with one attached hydrogen (secondary N) is 1. The Balaban J connectivity index is 1.53. The van der Waals surface area contributed by atoms with Crippen molar-refractivity contribution in [2.75, 3.05) is 12.9 Å². The molecule has 8 heteroatoms. The summed E-state index contributed by atoms with van der Waals surface area (Å²) in [5.41, 5.74) is 1.79. The first-order chi connectivity index (χ1) is 12.7. The summed E-state index contributed by atoms with van der Waals surface area (Å²) in [6.45, 7) is 1.92. The Morgan fingerprint density at radius 2 is 1.92 bits per heavy atom. The molecule has 3 aromatic rings. The third-order valence-corrected chi connectivity index (χ3v) is 4.47. The van der Waals surface area contributed by atoms with Gasteiger partial charge < -0.3 is 14.5 Å². The van der Waals surface area contributed by atoms with Gasteiger partial charge in [0, 0.05) is 18.0 Å². The zero-order valence-corrected chi connectivity index (χ0v) is 15.2. The number of carbonyl (C=O) groups excluding carboxylic acids is 1. The number of methoxy groups -OCH3 is 1. The van der Waals surface area contributed by atoms with Gasteiger partial charge in [-0.15, -0.1) is 10.2 Å². The molecule has 2 aromatic heterocycles. The van der Waals surface area contributed by atoms with Crippen molar-refractivity contribution < 1.29 is 13.9 Å². The van der Waals surface area contributed by atoms with Crippen LogP contribution in [0.1, 0.15) is 18.5 Å². The fraction of sp³-hybridized carbons (Fsp3) is 0.222. The van der Waals surface area contributed by atoms with Crippen LogP contribution in [0.4, 0.5) is 0 Å². The molecule has 1 aromatic carbocycles. The van der Waals surface area contributed by atoms with Crippen molar-refractivity contribution in [3.05, 3.63) is 54.4 Å². The molecule has 0 radical (unpaired) electrons. The maximum Gasteiger partial charge on any atom is 0.277 e. The highest BCUT2D eigenvalue weighted by molar-refractivity contribution is 7.99. The van der Waals surface area contributed by atoms with Crippen molar-refractivity contribution >= 4 is 17.7 Å². The Hall–Kier alpha value is -2.87. The molecule has 0 saturated heterocycles. The SMILES string of the molecule is COc1ccc(-c2nnc(SCC(=O)NC(C)c3ccncc3)o2)cc1. The van der Waals surface area contributed by atoms with E-state index in [0.29, 0.717) is 11.1 Å². The van der Waals surface area contributed by atoms with Gasteiger partial charge in [-0.2, -0.15) is 0 Å². The van der Waals surface area contributed by atoms with Gasteiger partial charge in [0.25, 0.3) is 5.22 Å². The van der Waals surface area contributed by atoms with E-state index in [1.165, 1.54) is 11.8 Å². The van der Waals surface area contributed by atoms with Crippen LogP contribution in [0.15, 0.2) is 58.4 Å². The van der Waals surface area contributed by atoms with E-state index in [2.05, 4.69) is 20.5 Å². The lowest BCUT2D eigenvalue weighted by Gasteiger charge is -2.13. The van der Waals surface area contributed by atoms with Crippen LogP contribution in [0.3, 0.4) is 0 Å². The van der Waals surface area contributed by atoms with E-state index in [1.807, 2.05) is 43.3 Å². The second-order valence-electron chi connectivity index (χ2n) is 5.46. The zero-order chi connectivity index (χ0) is 18.4. The highest BCUT2D eigenvalue weighted by atomic mass is 32.2. The van der Waals surface area contributed by atoms with Gasteiger partial charge >= 0.3 is 0 Å². The average molecular weight is 370 g/mol. The molecule has 0 saturated carbocycles. The maximum atomic E-state index is 12.1. The van der Waals surface area contributed by atoms with Crippen molar-refractivity contribution in [2.45, 2.75) is 18.2 Å². The van der Waals surface area contributed by atoms with Crippen LogP contribution in [0.2, 0.25) is 0 Å². The summed E-state index contributed by atoms with van der Waals surface area (Å²) in [5.74, 6) is 1.24. The van der Waals surface area contributed by atoms with Crippen LogP contribution >= 0.6 is 11.8 Å². The largest absolute Gasteiger partial charge is 0.497 e. The molecular formula is C18H18N4O3S. The molecule has 3 rings (SSSR count). The van der Waals surface area contributed by atoms with Crippen LogP contribution in [0, 0.1) is 0 Å². The normalized spacial score (nSPS) is 11.8.